The van der Waals surface area contributed by atoms with E-state index in [1.54, 1.807) is 18.6 Å². The van der Waals surface area contributed by atoms with Crippen LogP contribution in [0, 0.1) is 0 Å². The summed E-state index contributed by atoms with van der Waals surface area (Å²) in [6.07, 6.45) is 9.33. The molecule has 2 atom stereocenters. The van der Waals surface area contributed by atoms with Gasteiger partial charge in [-0.15, -0.1) is 0 Å². The summed E-state index contributed by atoms with van der Waals surface area (Å²) >= 11 is 0. The molecular weight excluding hydrogens is 354 g/mol. The van der Waals surface area contributed by atoms with Crippen molar-refractivity contribution in [1.82, 2.24) is 24.6 Å². The average molecular weight is 375 g/mol. The first-order valence-electron chi connectivity index (χ1n) is 9.51. The Morgan fingerprint density at radius 1 is 1.11 bits per heavy atom. The minimum atomic E-state index is -0.557. The van der Waals surface area contributed by atoms with Gasteiger partial charge in [-0.1, -0.05) is 24.3 Å². The zero-order valence-corrected chi connectivity index (χ0v) is 15.3. The summed E-state index contributed by atoms with van der Waals surface area (Å²) in [4.78, 5) is 18.8. The van der Waals surface area contributed by atoms with Gasteiger partial charge in [-0.3, -0.25) is 4.79 Å². The molecule has 1 N–H and O–H groups in total. The van der Waals surface area contributed by atoms with Gasteiger partial charge < -0.3 is 14.6 Å². The molecule has 1 fully saturated rings. The Bertz CT molecular complexity index is 981. The average Bonchev–Trinajstić information content (AvgIpc) is 3.35. The molecule has 1 saturated heterocycles. The number of rotatable bonds is 2. The van der Waals surface area contributed by atoms with Crippen LogP contribution in [0.3, 0.4) is 0 Å². The maximum Gasteiger partial charge on any atom is 0.255 e. The van der Waals surface area contributed by atoms with Crippen LogP contribution in [0.15, 0.2) is 61.4 Å². The van der Waals surface area contributed by atoms with Crippen molar-refractivity contribution in [2.45, 2.75) is 30.4 Å². The summed E-state index contributed by atoms with van der Waals surface area (Å²) in [5.74, 6) is -0.0309. The largest absolute Gasteiger partial charge is 0.390 e. The topological polar surface area (TPSA) is 84.1 Å². The minimum Gasteiger partial charge on any atom is -0.390 e. The molecule has 0 bridgehead atoms. The van der Waals surface area contributed by atoms with Crippen molar-refractivity contribution >= 4 is 5.91 Å². The molecule has 28 heavy (non-hydrogen) atoms. The van der Waals surface area contributed by atoms with Gasteiger partial charge in [0.25, 0.3) is 5.91 Å². The lowest BCUT2D eigenvalue weighted by molar-refractivity contribution is 0.0208. The lowest BCUT2D eigenvalue weighted by Gasteiger charge is -2.42. The molecule has 3 aromatic rings. The summed E-state index contributed by atoms with van der Waals surface area (Å²) < 4.78 is 1.98. The summed E-state index contributed by atoms with van der Waals surface area (Å²) in [5.41, 5.74) is 2.54. The predicted molar refractivity (Wildman–Crippen MR) is 102 cm³/mol. The van der Waals surface area contributed by atoms with E-state index in [1.807, 2.05) is 27.8 Å². The maximum absolute atomic E-state index is 12.8. The Balaban J connectivity index is 1.44. The fraction of sp³-hybridized carbons (Fsp3) is 0.333. The third-order valence-corrected chi connectivity index (χ3v) is 6.30. The van der Waals surface area contributed by atoms with E-state index in [0.29, 0.717) is 18.7 Å². The SMILES string of the molecule is O=C(c1ccnnc1)N1CCC2(CC1)c1ccccc1[C@H](n1ccnc1)[C@H]2O. The van der Waals surface area contributed by atoms with Crippen molar-refractivity contribution in [2.24, 2.45) is 0 Å². The number of benzene rings is 1. The lowest BCUT2D eigenvalue weighted by Crippen LogP contribution is -2.50. The Morgan fingerprint density at radius 2 is 1.93 bits per heavy atom. The highest BCUT2D eigenvalue weighted by Crippen LogP contribution is 2.52. The molecule has 2 aromatic heterocycles. The van der Waals surface area contributed by atoms with Crippen LogP contribution in [-0.4, -0.2) is 54.9 Å². The number of carbonyl (C=O) groups is 1. The zero-order chi connectivity index (χ0) is 19.1. The van der Waals surface area contributed by atoms with Crippen LogP contribution in [0.2, 0.25) is 0 Å². The van der Waals surface area contributed by atoms with Crippen LogP contribution in [-0.2, 0) is 5.41 Å². The smallest absolute Gasteiger partial charge is 0.255 e. The number of piperidine rings is 1. The Hall–Kier alpha value is -3.06. The summed E-state index contributed by atoms with van der Waals surface area (Å²) in [6.45, 7) is 1.20. The second kappa shape index (κ2) is 6.53. The van der Waals surface area contributed by atoms with Gasteiger partial charge in [0.1, 0.15) is 0 Å². The number of fused-ring (bicyclic) bond motifs is 2. The van der Waals surface area contributed by atoms with Crippen molar-refractivity contribution in [3.8, 4) is 0 Å². The van der Waals surface area contributed by atoms with Gasteiger partial charge in [-0.05, 0) is 30.0 Å². The predicted octanol–water partition coefficient (Wildman–Crippen LogP) is 1.81. The van der Waals surface area contributed by atoms with Crippen LogP contribution < -0.4 is 0 Å². The molecule has 7 nitrogen and oxygen atoms in total. The molecule has 0 radical (unpaired) electrons. The molecule has 1 amide bonds. The number of likely N-dealkylation sites (tertiary alicyclic amines) is 1. The molecule has 142 valence electrons. The molecule has 1 aliphatic carbocycles. The Kier molecular flexibility index (Phi) is 3.98. The third-order valence-electron chi connectivity index (χ3n) is 6.30. The quantitative estimate of drug-likeness (QED) is 0.739. The molecule has 0 saturated carbocycles. The van der Waals surface area contributed by atoms with Gasteiger partial charge in [0.05, 0.1) is 36.4 Å². The Morgan fingerprint density at radius 3 is 2.64 bits per heavy atom. The van der Waals surface area contributed by atoms with Gasteiger partial charge in [-0.25, -0.2) is 4.98 Å². The van der Waals surface area contributed by atoms with Crippen LogP contribution in [0.4, 0.5) is 0 Å². The van der Waals surface area contributed by atoms with E-state index >= 15 is 0 Å². The van der Waals surface area contributed by atoms with E-state index in [9.17, 15) is 9.90 Å². The van der Waals surface area contributed by atoms with E-state index in [1.165, 1.54) is 18.0 Å². The van der Waals surface area contributed by atoms with E-state index in [-0.39, 0.29) is 17.4 Å². The molecule has 7 heteroatoms. The number of hydrogen-bond acceptors (Lipinski definition) is 5. The van der Waals surface area contributed by atoms with E-state index in [0.717, 1.165) is 18.4 Å². The van der Waals surface area contributed by atoms with Crippen LogP contribution >= 0.6 is 0 Å². The molecule has 3 heterocycles. The van der Waals surface area contributed by atoms with Crippen molar-refractivity contribution in [1.29, 1.82) is 0 Å². The number of aromatic nitrogens is 4. The third kappa shape index (κ3) is 2.46. The van der Waals surface area contributed by atoms with Crippen LogP contribution in [0.5, 0.6) is 0 Å². The molecule has 5 rings (SSSR count). The fourth-order valence-corrected chi connectivity index (χ4v) is 4.87. The maximum atomic E-state index is 12.8. The van der Waals surface area contributed by atoms with Crippen LogP contribution in [0.25, 0.3) is 0 Å². The highest BCUT2D eigenvalue weighted by atomic mass is 16.3. The van der Waals surface area contributed by atoms with Crippen molar-refractivity contribution in [2.75, 3.05) is 13.1 Å². The molecule has 2 aliphatic rings. The first kappa shape index (κ1) is 17.1. The molecular formula is C21H21N5O2. The second-order valence-corrected chi connectivity index (χ2v) is 7.57. The summed E-state index contributed by atoms with van der Waals surface area (Å²) in [6, 6.07) is 9.81. The van der Waals surface area contributed by atoms with Gasteiger partial charge in [0, 0.05) is 30.9 Å². The van der Waals surface area contributed by atoms with Gasteiger partial charge in [0.15, 0.2) is 0 Å². The summed E-state index contributed by atoms with van der Waals surface area (Å²) in [7, 11) is 0. The summed E-state index contributed by atoms with van der Waals surface area (Å²) in [5, 5.41) is 19.0. The first-order chi connectivity index (χ1) is 13.7. The number of hydrogen-bond donors (Lipinski definition) is 1. The lowest BCUT2D eigenvalue weighted by atomic mass is 9.72. The van der Waals surface area contributed by atoms with Gasteiger partial charge in [0.2, 0.25) is 0 Å². The Labute approximate surface area is 162 Å². The van der Waals surface area contributed by atoms with E-state index in [4.69, 9.17) is 0 Å². The zero-order valence-electron chi connectivity index (χ0n) is 15.3. The first-order valence-corrected chi connectivity index (χ1v) is 9.51. The van der Waals surface area contributed by atoms with E-state index < -0.39 is 6.10 Å². The van der Waals surface area contributed by atoms with Crippen molar-refractivity contribution in [3.63, 3.8) is 0 Å². The molecule has 1 aromatic carbocycles. The molecule has 1 aliphatic heterocycles. The van der Waals surface area contributed by atoms with Gasteiger partial charge >= 0.3 is 0 Å². The normalized spacial score (nSPS) is 23.0. The standard InChI is InChI=1S/C21H21N5O2/c27-19-18(26-12-9-22-14-26)16-3-1-2-4-17(16)21(19)6-10-25(11-7-21)20(28)15-5-8-23-24-13-15/h1-5,8-9,12-14,18-19,27H,6-7,10-11H2/t18-,19+/m0/s1. The number of carbonyl (C=O) groups excluding carboxylic acids is 1. The highest BCUT2D eigenvalue weighted by Gasteiger charge is 2.53. The minimum absolute atomic E-state index is 0.0309. The van der Waals surface area contributed by atoms with Crippen LogP contribution in [0.1, 0.15) is 40.4 Å². The fourth-order valence-electron chi connectivity index (χ4n) is 4.87. The number of nitrogens with zero attached hydrogens (tertiary/aromatic N) is 5. The highest BCUT2D eigenvalue weighted by molar-refractivity contribution is 5.93. The van der Waals surface area contributed by atoms with E-state index in [2.05, 4.69) is 27.3 Å². The monoisotopic (exact) mass is 375 g/mol. The number of imidazole rings is 1. The van der Waals surface area contributed by atoms with Crippen molar-refractivity contribution < 1.29 is 9.90 Å². The van der Waals surface area contributed by atoms with Crippen molar-refractivity contribution in [3.05, 3.63) is 78.1 Å². The molecule has 0 unspecified atom stereocenters. The van der Waals surface area contributed by atoms with Gasteiger partial charge in [-0.2, -0.15) is 10.2 Å². The molecule has 1 spiro atoms. The number of aliphatic hydroxyl groups excluding tert-OH is 1. The number of aliphatic hydroxyl groups is 1. The number of amides is 1. The second-order valence-electron chi connectivity index (χ2n) is 7.57.